The summed E-state index contributed by atoms with van der Waals surface area (Å²) in [6.45, 7) is 6.90. The number of ketones is 1. The number of fused-ring (bicyclic) bond motifs is 3. The molecule has 250 valence electrons. The second-order valence-corrected chi connectivity index (χ2v) is 14.4. The molecular formula is C34H48FN7O4. The number of morpholine rings is 2. The van der Waals surface area contributed by atoms with Crippen molar-refractivity contribution in [2.45, 2.75) is 81.5 Å². The second-order valence-electron chi connectivity index (χ2n) is 14.4. The Bertz CT molecular complexity index is 1290. The Labute approximate surface area is 270 Å². The Kier molecular flexibility index (Phi) is 8.72. The summed E-state index contributed by atoms with van der Waals surface area (Å²) in [6, 6.07) is 1.15. The average molecular weight is 638 g/mol. The van der Waals surface area contributed by atoms with Crippen molar-refractivity contribution < 1.29 is 23.5 Å². The maximum absolute atomic E-state index is 16.2. The zero-order chi connectivity index (χ0) is 31.2. The summed E-state index contributed by atoms with van der Waals surface area (Å²) >= 11 is 0. The maximum atomic E-state index is 16.2. The largest absolute Gasteiger partial charge is 0.379 e. The molecule has 9 unspecified atom stereocenters. The Morgan fingerprint density at radius 1 is 0.978 bits per heavy atom. The van der Waals surface area contributed by atoms with Gasteiger partial charge in [-0.3, -0.25) is 14.5 Å². The lowest BCUT2D eigenvalue weighted by Gasteiger charge is -2.61. The third-order valence-electron chi connectivity index (χ3n) is 12.0. The van der Waals surface area contributed by atoms with Crippen molar-refractivity contribution in [3.8, 4) is 0 Å². The minimum Gasteiger partial charge on any atom is -0.379 e. The molecule has 7 aliphatic rings. The summed E-state index contributed by atoms with van der Waals surface area (Å²) < 4.78 is 28.7. The number of anilines is 1. The number of carbonyl (C=O) groups is 2. The summed E-state index contributed by atoms with van der Waals surface area (Å²) in [4.78, 5) is 45.5. The van der Waals surface area contributed by atoms with Crippen molar-refractivity contribution in [1.82, 2.24) is 30.0 Å². The van der Waals surface area contributed by atoms with Gasteiger partial charge in [0.05, 0.1) is 49.1 Å². The number of rotatable bonds is 6. The fourth-order valence-corrected chi connectivity index (χ4v) is 9.63. The maximum Gasteiger partial charge on any atom is 0.259 e. The van der Waals surface area contributed by atoms with E-state index in [0.29, 0.717) is 50.5 Å². The van der Waals surface area contributed by atoms with Gasteiger partial charge in [-0.1, -0.05) is 25.7 Å². The van der Waals surface area contributed by atoms with Crippen LogP contribution in [-0.4, -0.2) is 138 Å². The molecule has 8 rings (SSSR count). The fourth-order valence-electron chi connectivity index (χ4n) is 9.63. The van der Waals surface area contributed by atoms with Crippen molar-refractivity contribution in [2.24, 2.45) is 17.8 Å². The number of hydrogen-bond acceptors (Lipinski definition) is 10. The molecule has 5 heterocycles. The highest BCUT2D eigenvalue weighted by Gasteiger charge is 2.59. The highest BCUT2D eigenvalue weighted by molar-refractivity contribution is 6.20. The molecule has 3 aliphatic carbocycles. The minimum atomic E-state index is -1.23. The lowest BCUT2D eigenvalue weighted by atomic mass is 9.65. The van der Waals surface area contributed by atoms with Crippen LogP contribution in [0.4, 0.5) is 10.3 Å². The quantitative estimate of drug-likeness (QED) is 0.464. The van der Waals surface area contributed by atoms with Crippen LogP contribution in [0.1, 0.15) is 44.9 Å². The number of ether oxygens (including phenoxy) is 2. The molecule has 1 N–H and O–H groups in total. The molecule has 4 aliphatic heterocycles. The number of alkyl halides is 1. The van der Waals surface area contributed by atoms with Crippen molar-refractivity contribution in [3.05, 3.63) is 30.2 Å². The van der Waals surface area contributed by atoms with Gasteiger partial charge in [0.1, 0.15) is 6.17 Å². The van der Waals surface area contributed by atoms with Crippen molar-refractivity contribution in [1.29, 1.82) is 0 Å². The molecule has 0 radical (unpaired) electrons. The van der Waals surface area contributed by atoms with E-state index in [1.165, 1.54) is 25.7 Å². The number of hydrogen-bond donors (Lipinski definition) is 1. The van der Waals surface area contributed by atoms with Gasteiger partial charge in [0.25, 0.3) is 5.91 Å². The van der Waals surface area contributed by atoms with E-state index in [2.05, 4.69) is 30.0 Å². The number of nitrogens with one attached hydrogen (secondary N) is 1. The lowest BCUT2D eigenvalue weighted by molar-refractivity contribution is -0.208. The molecule has 1 aromatic rings. The third kappa shape index (κ3) is 5.73. The van der Waals surface area contributed by atoms with Crippen molar-refractivity contribution >= 4 is 17.6 Å². The van der Waals surface area contributed by atoms with Crippen molar-refractivity contribution in [2.75, 3.05) is 70.5 Å². The van der Waals surface area contributed by atoms with Crippen molar-refractivity contribution in [3.63, 3.8) is 0 Å². The fraction of sp³-hybridized carbons (Fsp3) is 0.765. The molecule has 46 heavy (non-hydrogen) atoms. The van der Waals surface area contributed by atoms with E-state index < -0.39 is 24.2 Å². The summed E-state index contributed by atoms with van der Waals surface area (Å²) in [7, 11) is 0. The van der Waals surface area contributed by atoms with Gasteiger partial charge in [0.15, 0.2) is 5.78 Å². The van der Waals surface area contributed by atoms with Crippen LogP contribution in [-0.2, 0) is 19.1 Å². The molecule has 9 atom stereocenters. The number of carbonyl (C=O) groups excluding carboxylic acids is 2. The number of halogens is 1. The number of aromatic nitrogens is 2. The second kappa shape index (κ2) is 13.1. The Morgan fingerprint density at radius 3 is 2.48 bits per heavy atom. The van der Waals surface area contributed by atoms with Gasteiger partial charge in [0.2, 0.25) is 5.95 Å². The van der Waals surface area contributed by atoms with E-state index in [4.69, 9.17) is 9.47 Å². The van der Waals surface area contributed by atoms with Crippen LogP contribution in [0.25, 0.3) is 0 Å². The summed E-state index contributed by atoms with van der Waals surface area (Å²) in [5, 5.41) is 3.55. The number of amides is 1. The van der Waals surface area contributed by atoms with Gasteiger partial charge >= 0.3 is 0 Å². The number of piperazine rings is 1. The molecule has 6 fully saturated rings. The van der Waals surface area contributed by atoms with Crippen LogP contribution in [0.3, 0.4) is 0 Å². The first-order valence-corrected chi connectivity index (χ1v) is 17.7. The molecule has 12 heteroatoms. The Morgan fingerprint density at radius 2 is 1.72 bits per heavy atom. The molecule has 1 amide bonds. The average Bonchev–Trinajstić information content (AvgIpc) is 3.10. The molecule has 0 spiro atoms. The van der Waals surface area contributed by atoms with Crippen LogP contribution in [0, 0.1) is 17.8 Å². The third-order valence-corrected chi connectivity index (χ3v) is 12.0. The lowest BCUT2D eigenvalue weighted by Crippen LogP contribution is -2.73. The monoisotopic (exact) mass is 637 g/mol. The number of Topliss-reactive ketones (excluding diaryl/α,β-unsaturated/α-hetero) is 1. The van der Waals surface area contributed by atoms with Gasteiger partial charge in [-0.15, -0.1) is 0 Å². The van der Waals surface area contributed by atoms with Crippen LogP contribution in [0.5, 0.6) is 0 Å². The topological polar surface area (TPSA) is 103 Å². The Balaban J connectivity index is 1.04. The number of nitrogens with zero attached hydrogens (tertiary/aromatic N) is 6. The first-order chi connectivity index (χ1) is 22.5. The van der Waals surface area contributed by atoms with E-state index in [9.17, 15) is 9.59 Å². The van der Waals surface area contributed by atoms with Gasteiger partial charge in [-0.05, 0) is 37.2 Å². The van der Waals surface area contributed by atoms with Gasteiger partial charge in [0, 0.05) is 76.9 Å². The molecular weight excluding hydrogens is 589 g/mol. The Hall–Kier alpha value is -2.67. The molecule has 0 bridgehead atoms. The molecule has 0 aromatic carbocycles. The predicted octanol–water partition coefficient (Wildman–Crippen LogP) is 1.65. The van der Waals surface area contributed by atoms with E-state index in [1.807, 2.05) is 6.20 Å². The first-order valence-electron chi connectivity index (χ1n) is 17.7. The normalized spacial score (nSPS) is 38.0. The standard InChI is InChI=1S/C34H48FN7O4/c35-26-20-24-30-32(29(26)36-8-9-39-14-16-45-17-15-39)46-28-19-23-5-2-1-4-22(23)18-27(28)42(30)21-25(31(24)43)33(44)40-10-12-41(13-11-40)34-37-6-3-7-38-34/h3,6-7,21-24,26-30,32,36H,1-2,4-5,8-20H2. The minimum absolute atomic E-state index is 0.0229. The van der Waals surface area contributed by atoms with Crippen LogP contribution >= 0.6 is 0 Å². The van der Waals surface area contributed by atoms with Gasteiger partial charge in [-0.2, -0.15) is 0 Å². The van der Waals surface area contributed by atoms with Crippen LogP contribution < -0.4 is 10.2 Å². The van der Waals surface area contributed by atoms with E-state index in [-0.39, 0.29) is 41.9 Å². The smallest absolute Gasteiger partial charge is 0.259 e. The first kappa shape index (κ1) is 30.7. The predicted molar refractivity (Wildman–Crippen MR) is 169 cm³/mol. The van der Waals surface area contributed by atoms with Gasteiger partial charge < -0.3 is 29.5 Å². The van der Waals surface area contributed by atoms with Crippen LogP contribution in [0.15, 0.2) is 30.2 Å². The summed E-state index contributed by atoms with van der Waals surface area (Å²) in [5.41, 5.74) is 0.224. The molecule has 3 saturated heterocycles. The summed E-state index contributed by atoms with van der Waals surface area (Å²) in [5.74, 6) is 0.897. The molecule has 1 aromatic heterocycles. The molecule has 11 nitrogen and oxygen atoms in total. The molecule has 3 saturated carbocycles. The summed E-state index contributed by atoms with van der Waals surface area (Å²) in [6.07, 6.45) is 10.8. The zero-order valence-corrected chi connectivity index (χ0v) is 26.7. The SMILES string of the molecule is O=C1C(C(=O)N2CCN(c3ncccn3)CC2)=CN2C3CC4CCCCC4CC3OC3C(NCCN4CCOCC4)C(F)CC1C32. The van der Waals surface area contributed by atoms with E-state index >= 15 is 4.39 Å². The van der Waals surface area contributed by atoms with Gasteiger partial charge in [-0.25, -0.2) is 14.4 Å². The highest BCUT2D eigenvalue weighted by atomic mass is 19.1. The van der Waals surface area contributed by atoms with E-state index in [1.54, 1.807) is 23.4 Å². The van der Waals surface area contributed by atoms with E-state index in [0.717, 1.165) is 45.7 Å². The highest BCUT2D eigenvalue weighted by Crippen LogP contribution is 2.50. The zero-order valence-electron chi connectivity index (χ0n) is 26.7. The van der Waals surface area contributed by atoms with Crippen LogP contribution in [0.2, 0.25) is 0 Å².